The summed E-state index contributed by atoms with van der Waals surface area (Å²) in [6.07, 6.45) is 4.59. The molecule has 2 amide bonds. The zero-order chi connectivity index (χ0) is 21.1. The first-order valence-electron chi connectivity index (χ1n) is 9.41. The SMILES string of the molecule is O=C(Nc1nccs1)C1CCCN1C(=O)CCc1ncc(-c2ccc(F)cc2F)o1. The number of halogens is 2. The zero-order valence-electron chi connectivity index (χ0n) is 15.8. The lowest BCUT2D eigenvalue weighted by atomic mass is 10.2. The molecule has 7 nitrogen and oxygen atoms in total. The van der Waals surface area contributed by atoms with Gasteiger partial charge in [0.25, 0.3) is 0 Å². The molecule has 1 aliphatic rings. The van der Waals surface area contributed by atoms with Crippen LogP contribution in [0, 0.1) is 11.6 Å². The minimum Gasteiger partial charge on any atom is -0.441 e. The highest BCUT2D eigenvalue weighted by atomic mass is 32.1. The number of nitrogens with one attached hydrogen (secondary N) is 1. The molecule has 30 heavy (non-hydrogen) atoms. The molecule has 10 heteroatoms. The Morgan fingerprint density at radius 3 is 2.93 bits per heavy atom. The van der Waals surface area contributed by atoms with Crippen molar-refractivity contribution in [3.05, 3.63) is 53.5 Å². The van der Waals surface area contributed by atoms with Gasteiger partial charge in [0, 0.05) is 37.0 Å². The van der Waals surface area contributed by atoms with Gasteiger partial charge in [0.15, 0.2) is 16.8 Å². The molecule has 1 unspecified atom stereocenters. The van der Waals surface area contributed by atoms with Crippen LogP contribution in [0.4, 0.5) is 13.9 Å². The van der Waals surface area contributed by atoms with Gasteiger partial charge >= 0.3 is 0 Å². The number of benzene rings is 1. The third kappa shape index (κ3) is 4.38. The van der Waals surface area contributed by atoms with Crippen molar-refractivity contribution in [2.45, 2.75) is 31.7 Å². The number of thiazole rings is 1. The Kier molecular flexibility index (Phi) is 5.84. The van der Waals surface area contributed by atoms with Gasteiger partial charge in [0.2, 0.25) is 11.8 Å². The first kappa shape index (κ1) is 20.1. The Morgan fingerprint density at radius 2 is 2.17 bits per heavy atom. The van der Waals surface area contributed by atoms with Gasteiger partial charge in [-0.2, -0.15) is 0 Å². The summed E-state index contributed by atoms with van der Waals surface area (Å²) in [4.78, 5) is 34.8. The highest BCUT2D eigenvalue weighted by Crippen LogP contribution is 2.25. The topological polar surface area (TPSA) is 88.3 Å². The normalized spacial score (nSPS) is 16.1. The quantitative estimate of drug-likeness (QED) is 0.643. The minimum atomic E-state index is -0.750. The molecule has 1 N–H and O–H groups in total. The van der Waals surface area contributed by atoms with E-state index in [4.69, 9.17) is 4.42 Å². The lowest BCUT2D eigenvalue weighted by Crippen LogP contribution is -2.43. The summed E-state index contributed by atoms with van der Waals surface area (Å²) < 4.78 is 32.5. The number of rotatable bonds is 6. The van der Waals surface area contributed by atoms with Crippen molar-refractivity contribution in [2.24, 2.45) is 0 Å². The molecule has 1 aliphatic heterocycles. The van der Waals surface area contributed by atoms with E-state index in [-0.39, 0.29) is 41.9 Å². The third-order valence-corrected chi connectivity index (χ3v) is 5.53. The maximum atomic E-state index is 13.9. The average molecular weight is 432 g/mol. The number of carbonyl (C=O) groups is 2. The van der Waals surface area contributed by atoms with Gasteiger partial charge in [0.1, 0.15) is 17.7 Å². The summed E-state index contributed by atoms with van der Waals surface area (Å²) in [5, 5.41) is 4.99. The van der Waals surface area contributed by atoms with Gasteiger partial charge in [-0.05, 0) is 25.0 Å². The Morgan fingerprint density at radius 1 is 1.30 bits per heavy atom. The van der Waals surface area contributed by atoms with E-state index in [0.717, 1.165) is 18.6 Å². The standard InChI is InChI=1S/C20H18F2N4O3S/c21-12-3-4-13(14(22)10-12)16-11-24-17(29-16)5-6-18(27)26-8-1-2-15(26)19(28)25-20-23-7-9-30-20/h3-4,7,9-11,15H,1-2,5-6,8H2,(H,23,25,28). The molecule has 1 fully saturated rings. The second-order valence-corrected chi connectivity index (χ2v) is 7.71. The third-order valence-electron chi connectivity index (χ3n) is 4.84. The van der Waals surface area contributed by atoms with Crippen LogP contribution >= 0.6 is 11.3 Å². The molecule has 4 rings (SSSR count). The number of aromatic nitrogens is 2. The molecule has 1 aromatic carbocycles. The van der Waals surface area contributed by atoms with Crippen LogP contribution in [0.15, 0.2) is 40.4 Å². The number of carbonyl (C=O) groups excluding carboxylic acids is 2. The van der Waals surface area contributed by atoms with Crippen LogP contribution in [-0.4, -0.2) is 39.3 Å². The first-order chi connectivity index (χ1) is 14.5. The fraction of sp³-hybridized carbons (Fsp3) is 0.300. The summed E-state index contributed by atoms with van der Waals surface area (Å²) >= 11 is 1.31. The summed E-state index contributed by atoms with van der Waals surface area (Å²) in [6.45, 7) is 0.506. The van der Waals surface area contributed by atoms with Gasteiger partial charge < -0.3 is 14.6 Å². The monoisotopic (exact) mass is 432 g/mol. The van der Waals surface area contributed by atoms with Crippen LogP contribution in [0.5, 0.6) is 0 Å². The van der Waals surface area contributed by atoms with Gasteiger partial charge in [-0.25, -0.2) is 18.7 Å². The van der Waals surface area contributed by atoms with Crippen LogP contribution in [0.3, 0.4) is 0 Å². The largest absolute Gasteiger partial charge is 0.441 e. The van der Waals surface area contributed by atoms with Crippen LogP contribution < -0.4 is 5.32 Å². The molecule has 0 bridgehead atoms. The highest BCUT2D eigenvalue weighted by Gasteiger charge is 2.34. The van der Waals surface area contributed by atoms with Crippen LogP contribution in [0.25, 0.3) is 11.3 Å². The molecular formula is C20H18F2N4O3S. The van der Waals surface area contributed by atoms with Crippen molar-refractivity contribution in [2.75, 3.05) is 11.9 Å². The van der Waals surface area contributed by atoms with Gasteiger partial charge in [-0.3, -0.25) is 9.59 Å². The van der Waals surface area contributed by atoms with Crippen LogP contribution in [0.2, 0.25) is 0 Å². The number of oxazole rings is 1. The van der Waals surface area contributed by atoms with Gasteiger partial charge in [-0.1, -0.05) is 0 Å². The minimum absolute atomic E-state index is 0.0972. The molecule has 3 heterocycles. The molecular weight excluding hydrogens is 414 g/mol. The predicted molar refractivity (Wildman–Crippen MR) is 106 cm³/mol. The molecule has 1 atom stereocenters. The molecule has 156 valence electrons. The summed E-state index contributed by atoms with van der Waals surface area (Å²) in [5.41, 5.74) is 0.0972. The Labute approximate surface area is 174 Å². The fourth-order valence-corrected chi connectivity index (χ4v) is 3.94. The van der Waals surface area contributed by atoms with Crippen LogP contribution in [0.1, 0.15) is 25.2 Å². The molecule has 0 spiro atoms. The zero-order valence-corrected chi connectivity index (χ0v) is 16.6. The number of aryl methyl sites for hydroxylation is 1. The van der Waals surface area contributed by atoms with E-state index >= 15 is 0 Å². The van der Waals surface area contributed by atoms with Crippen LogP contribution in [-0.2, 0) is 16.0 Å². The van der Waals surface area contributed by atoms with E-state index in [1.807, 2.05) is 0 Å². The second kappa shape index (κ2) is 8.70. The summed E-state index contributed by atoms with van der Waals surface area (Å²) in [5.74, 6) is -1.43. The van der Waals surface area contributed by atoms with E-state index in [2.05, 4.69) is 15.3 Å². The number of nitrogens with zero attached hydrogens (tertiary/aromatic N) is 3. The Hall–Kier alpha value is -3.14. The highest BCUT2D eigenvalue weighted by molar-refractivity contribution is 7.13. The summed E-state index contributed by atoms with van der Waals surface area (Å²) in [6, 6.07) is 2.64. The molecule has 2 aromatic heterocycles. The fourth-order valence-electron chi connectivity index (χ4n) is 3.41. The van der Waals surface area contributed by atoms with Crippen molar-refractivity contribution >= 4 is 28.3 Å². The predicted octanol–water partition coefficient (Wildman–Crippen LogP) is 3.64. The lowest BCUT2D eigenvalue weighted by molar-refractivity contribution is -0.136. The van der Waals surface area contributed by atoms with Crippen molar-refractivity contribution in [1.29, 1.82) is 0 Å². The van der Waals surface area contributed by atoms with E-state index < -0.39 is 17.7 Å². The second-order valence-electron chi connectivity index (χ2n) is 6.81. The molecule has 0 saturated carbocycles. The Balaban J connectivity index is 1.36. The number of anilines is 1. The number of hydrogen-bond donors (Lipinski definition) is 1. The van der Waals surface area contributed by atoms with Crippen molar-refractivity contribution in [1.82, 2.24) is 14.9 Å². The summed E-state index contributed by atoms with van der Waals surface area (Å²) in [7, 11) is 0. The van der Waals surface area contributed by atoms with Gasteiger partial charge in [0.05, 0.1) is 11.8 Å². The van der Waals surface area contributed by atoms with Crippen molar-refractivity contribution < 1.29 is 22.8 Å². The van der Waals surface area contributed by atoms with E-state index in [1.165, 1.54) is 23.6 Å². The average Bonchev–Trinajstić information content (AvgIpc) is 3.47. The molecule has 0 radical (unpaired) electrons. The van der Waals surface area contributed by atoms with E-state index in [0.29, 0.717) is 18.1 Å². The lowest BCUT2D eigenvalue weighted by Gasteiger charge is -2.23. The van der Waals surface area contributed by atoms with Crippen molar-refractivity contribution in [3.8, 4) is 11.3 Å². The maximum Gasteiger partial charge on any atom is 0.248 e. The van der Waals surface area contributed by atoms with Crippen molar-refractivity contribution in [3.63, 3.8) is 0 Å². The molecule has 1 saturated heterocycles. The number of hydrogen-bond acceptors (Lipinski definition) is 6. The smallest absolute Gasteiger partial charge is 0.248 e. The number of likely N-dealkylation sites (tertiary alicyclic amines) is 1. The first-order valence-corrected chi connectivity index (χ1v) is 10.3. The maximum absolute atomic E-state index is 13.9. The van der Waals surface area contributed by atoms with E-state index in [1.54, 1.807) is 16.5 Å². The number of amides is 2. The van der Waals surface area contributed by atoms with Gasteiger partial charge in [-0.15, -0.1) is 11.3 Å². The molecule has 0 aliphatic carbocycles. The van der Waals surface area contributed by atoms with E-state index in [9.17, 15) is 18.4 Å². The molecule has 3 aromatic rings. The Bertz CT molecular complexity index is 1050.